The second kappa shape index (κ2) is 9.77. The molecule has 0 aliphatic carbocycles. The van der Waals surface area contributed by atoms with E-state index in [0.29, 0.717) is 21.3 Å². The van der Waals surface area contributed by atoms with E-state index in [0.717, 1.165) is 10.8 Å². The van der Waals surface area contributed by atoms with Crippen LogP contribution in [0.2, 0.25) is 10.0 Å². The number of carbonyl (C=O) groups is 1. The third-order valence-corrected chi connectivity index (χ3v) is 5.51. The van der Waals surface area contributed by atoms with Gasteiger partial charge in [-0.1, -0.05) is 94.4 Å². The summed E-state index contributed by atoms with van der Waals surface area (Å²) < 4.78 is -1.89. The molecule has 1 amide bonds. The Bertz CT molecular complexity index is 1100. The van der Waals surface area contributed by atoms with Gasteiger partial charge in [-0.05, 0) is 47.3 Å². The second-order valence-electron chi connectivity index (χ2n) is 6.20. The average molecular weight is 522 g/mol. The van der Waals surface area contributed by atoms with E-state index >= 15 is 0 Å². The van der Waals surface area contributed by atoms with E-state index in [2.05, 4.69) is 16.0 Å². The predicted molar refractivity (Wildman–Crippen MR) is 131 cm³/mol. The standard InChI is InChI=1S/C20H14Cl5N3OS/c21-12-8-9-16(15(22)10-12)26-19(30)28-18(20(23,24)25)27-17(29)14-7-3-5-11-4-1-2-6-13(11)14/h1-10,18H,(H,27,29)(H2,26,28,30). The zero-order valence-corrected chi connectivity index (χ0v) is 19.7. The molecule has 156 valence electrons. The molecule has 0 saturated carbocycles. The minimum Gasteiger partial charge on any atom is -0.339 e. The Hall–Kier alpha value is -1.47. The fourth-order valence-electron chi connectivity index (χ4n) is 2.71. The molecule has 0 spiro atoms. The highest BCUT2D eigenvalue weighted by Crippen LogP contribution is 2.30. The van der Waals surface area contributed by atoms with Gasteiger partial charge in [-0.2, -0.15) is 0 Å². The second-order valence-corrected chi connectivity index (χ2v) is 9.82. The van der Waals surface area contributed by atoms with Gasteiger partial charge in [0.25, 0.3) is 5.91 Å². The molecule has 3 rings (SSSR count). The van der Waals surface area contributed by atoms with Crippen molar-refractivity contribution in [2.75, 3.05) is 5.32 Å². The van der Waals surface area contributed by atoms with Crippen LogP contribution in [-0.4, -0.2) is 21.0 Å². The van der Waals surface area contributed by atoms with Gasteiger partial charge in [-0.3, -0.25) is 4.79 Å². The van der Waals surface area contributed by atoms with Crippen LogP contribution in [0.5, 0.6) is 0 Å². The normalized spacial score (nSPS) is 12.3. The summed E-state index contributed by atoms with van der Waals surface area (Å²) in [6, 6.07) is 17.7. The van der Waals surface area contributed by atoms with Crippen LogP contribution < -0.4 is 16.0 Å². The Morgan fingerprint density at radius 2 is 1.63 bits per heavy atom. The van der Waals surface area contributed by atoms with Crippen LogP contribution in [0.25, 0.3) is 10.8 Å². The Kier molecular flexibility index (Phi) is 7.56. The molecule has 10 heteroatoms. The number of amides is 1. The lowest BCUT2D eigenvalue weighted by atomic mass is 10.0. The number of nitrogens with one attached hydrogen (secondary N) is 3. The Morgan fingerprint density at radius 3 is 2.33 bits per heavy atom. The van der Waals surface area contributed by atoms with Crippen LogP contribution >= 0.6 is 70.2 Å². The Labute approximate surface area is 203 Å². The smallest absolute Gasteiger partial charge is 0.253 e. The zero-order chi connectivity index (χ0) is 21.9. The van der Waals surface area contributed by atoms with Crippen LogP contribution in [0.3, 0.4) is 0 Å². The lowest BCUT2D eigenvalue weighted by molar-refractivity contribution is 0.0936. The number of anilines is 1. The van der Waals surface area contributed by atoms with Crippen LogP contribution in [0.1, 0.15) is 10.4 Å². The molecular weight excluding hydrogens is 508 g/mol. The number of hydrogen-bond acceptors (Lipinski definition) is 2. The summed E-state index contributed by atoms with van der Waals surface area (Å²) in [7, 11) is 0. The van der Waals surface area contributed by atoms with Gasteiger partial charge in [0.15, 0.2) is 5.11 Å². The summed E-state index contributed by atoms with van der Waals surface area (Å²) >= 11 is 35.5. The van der Waals surface area contributed by atoms with Gasteiger partial charge in [0, 0.05) is 10.6 Å². The molecule has 1 unspecified atom stereocenters. The van der Waals surface area contributed by atoms with Crippen LogP contribution in [0, 0.1) is 0 Å². The minimum atomic E-state index is -1.89. The molecule has 0 heterocycles. The first-order valence-corrected chi connectivity index (χ1v) is 10.8. The van der Waals surface area contributed by atoms with Crippen molar-refractivity contribution in [1.82, 2.24) is 10.6 Å². The van der Waals surface area contributed by atoms with Crippen molar-refractivity contribution in [3.8, 4) is 0 Å². The molecule has 0 aromatic heterocycles. The highest BCUT2D eigenvalue weighted by Gasteiger charge is 2.35. The Morgan fingerprint density at radius 1 is 0.933 bits per heavy atom. The van der Waals surface area contributed by atoms with Crippen LogP contribution in [0.15, 0.2) is 60.7 Å². The number of thiocarbonyl (C=S) groups is 1. The number of fused-ring (bicyclic) bond motifs is 1. The quantitative estimate of drug-likeness (QED) is 0.207. The lowest BCUT2D eigenvalue weighted by Crippen LogP contribution is -2.56. The maximum Gasteiger partial charge on any atom is 0.253 e. The van der Waals surface area contributed by atoms with Gasteiger partial charge >= 0.3 is 0 Å². The average Bonchev–Trinajstić information content (AvgIpc) is 2.68. The van der Waals surface area contributed by atoms with Gasteiger partial charge < -0.3 is 16.0 Å². The fraction of sp³-hybridized carbons (Fsp3) is 0.100. The van der Waals surface area contributed by atoms with Crippen LogP contribution in [0.4, 0.5) is 5.69 Å². The molecule has 3 aromatic rings. The van der Waals surface area contributed by atoms with Gasteiger partial charge in [-0.25, -0.2) is 0 Å². The molecule has 0 saturated heterocycles. The largest absolute Gasteiger partial charge is 0.339 e. The number of alkyl halides is 3. The summed E-state index contributed by atoms with van der Waals surface area (Å²) in [5.74, 6) is -0.428. The first-order valence-electron chi connectivity index (χ1n) is 8.53. The summed E-state index contributed by atoms with van der Waals surface area (Å²) in [6.07, 6.45) is -1.12. The first kappa shape index (κ1) is 23.2. The summed E-state index contributed by atoms with van der Waals surface area (Å²) in [5, 5.41) is 11.0. The maximum absolute atomic E-state index is 12.9. The number of carbonyl (C=O) groups excluding carboxylic acids is 1. The van der Waals surface area contributed by atoms with Gasteiger partial charge in [0.2, 0.25) is 3.79 Å². The number of hydrogen-bond donors (Lipinski definition) is 3. The van der Waals surface area contributed by atoms with Crippen molar-refractivity contribution in [2.45, 2.75) is 9.96 Å². The third-order valence-electron chi connectivity index (χ3n) is 4.09. The number of halogens is 5. The first-order chi connectivity index (χ1) is 14.1. The molecule has 3 N–H and O–H groups in total. The SMILES string of the molecule is O=C(NC(NC(=S)Nc1ccc(Cl)cc1Cl)C(Cl)(Cl)Cl)c1cccc2ccccc12. The van der Waals surface area contributed by atoms with E-state index in [9.17, 15) is 4.79 Å². The van der Waals surface area contributed by atoms with E-state index in [4.69, 9.17) is 70.2 Å². The van der Waals surface area contributed by atoms with Crippen molar-refractivity contribution < 1.29 is 4.79 Å². The molecule has 0 aliphatic heterocycles. The van der Waals surface area contributed by atoms with E-state index in [-0.39, 0.29) is 5.11 Å². The molecule has 0 fully saturated rings. The third kappa shape index (κ3) is 5.82. The van der Waals surface area contributed by atoms with Crippen molar-refractivity contribution in [3.63, 3.8) is 0 Å². The molecule has 30 heavy (non-hydrogen) atoms. The summed E-state index contributed by atoms with van der Waals surface area (Å²) in [6.45, 7) is 0. The van der Waals surface area contributed by atoms with E-state index in [1.54, 1.807) is 30.3 Å². The van der Waals surface area contributed by atoms with E-state index in [1.165, 1.54) is 0 Å². The summed E-state index contributed by atoms with van der Waals surface area (Å²) in [5.41, 5.74) is 0.941. The van der Waals surface area contributed by atoms with Crippen molar-refractivity contribution in [2.24, 2.45) is 0 Å². The van der Waals surface area contributed by atoms with Gasteiger partial charge in [-0.15, -0.1) is 0 Å². The molecule has 4 nitrogen and oxygen atoms in total. The highest BCUT2D eigenvalue weighted by atomic mass is 35.6. The van der Waals surface area contributed by atoms with Crippen molar-refractivity contribution in [1.29, 1.82) is 0 Å². The van der Waals surface area contributed by atoms with Crippen molar-refractivity contribution in [3.05, 3.63) is 76.3 Å². The molecular formula is C20H14Cl5N3OS. The van der Waals surface area contributed by atoms with Crippen LogP contribution in [-0.2, 0) is 0 Å². The maximum atomic E-state index is 12.9. The highest BCUT2D eigenvalue weighted by molar-refractivity contribution is 7.80. The summed E-state index contributed by atoms with van der Waals surface area (Å²) in [4.78, 5) is 12.9. The molecule has 0 radical (unpaired) electrons. The van der Waals surface area contributed by atoms with Gasteiger partial charge in [0.1, 0.15) is 6.17 Å². The molecule has 0 bridgehead atoms. The minimum absolute atomic E-state index is 0.0915. The zero-order valence-electron chi connectivity index (χ0n) is 15.1. The molecule has 3 aromatic carbocycles. The molecule has 0 aliphatic rings. The van der Waals surface area contributed by atoms with E-state index < -0.39 is 15.9 Å². The fourth-order valence-corrected chi connectivity index (χ4v) is 3.72. The predicted octanol–water partition coefficient (Wildman–Crippen LogP) is 6.56. The lowest BCUT2D eigenvalue weighted by Gasteiger charge is -2.28. The van der Waals surface area contributed by atoms with Crippen molar-refractivity contribution >= 4 is 97.7 Å². The monoisotopic (exact) mass is 519 g/mol. The topological polar surface area (TPSA) is 53.2 Å². The number of benzene rings is 3. The van der Waals surface area contributed by atoms with E-state index in [1.807, 2.05) is 30.3 Å². The Balaban J connectivity index is 1.77. The number of rotatable bonds is 4. The molecule has 1 atom stereocenters. The van der Waals surface area contributed by atoms with Gasteiger partial charge in [0.05, 0.1) is 10.7 Å².